The first-order valence-electron chi connectivity index (χ1n) is 6.41. The molecule has 1 heterocycles. The number of aliphatic hydroxyl groups excluding tert-OH is 1. The second-order valence-corrected chi connectivity index (χ2v) is 5.22. The molecular weight excluding hydrogens is 260 g/mol. The van der Waals surface area contributed by atoms with Crippen LogP contribution in [0.25, 0.3) is 0 Å². The van der Waals surface area contributed by atoms with Gasteiger partial charge in [0.25, 0.3) is 0 Å². The second-order valence-electron chi connectivity index (χ2n) is 4.78. The molecule has 0 radical (unpaired) electrons. The van der Waals surface area contributed by atoms with Crippen molar-refractivity contribution >= 4 is 11.6 Å². The Morgan fingerprint density at radius 2 is 2.00 bits per heavy atom. The van der Waals surface area contributed by atoms with Crippen LogP contribution in [0.15, 0.2) is 42.5 Å². The Morgan fingerprint density at radius 3 is 2.79 bits per heavy atom. The minimum absolute atomic E-state index is 0.521. The van der Waals surface area contributed by atoms with Crippen LogP contribution in [0.5, 0.6) is 5.75 Å². The fourth-order valence-electron chi connectivity index (χ4n) is 2.50. The Bertz CT molecular complexity index is 581. The first kappa shape index (κ1) is 12.5. The van der Waals surface area contributed by atoms with E-state index < -0.39 is 6.10 Å². The Hall–Kier alpha value is -1.51. The average molecular weight is 275 g/mol. The van der Waals surface area contributed by atoms with Gasteiger partial charge in [0.15, 0.2) is 0 Å². The van der Waals surface area contributed by atoms with E-state index in [4.69, 9.17) is 16.3 Å². The Labute approximate surface area is 117 Å². The minimum Gasteiger partial charge on any atom is -0.493 e. The van der Waals surface area contributed by atoms with Crippen molar-refractivity contribution < 1.29 is 9.84 Å². The fraction of sp³-hybridized carbons (Fsp3) is 0.250. The van der Waals surface area contributed by atoms with Gasteiger partial charge in [0.05, 0.1) is 12.7 Å². The van der Waals surface area contributed by atoms with Crippen LogP contribution >= 0.6 is 11.6 Å². The number of hydrogen-bond acceptors (Lipinski definition) is 2. The molecule has 0 fully saturated rings. The van der Waals surface area contributed by atoms with Crippen molar-refractivity contribution in [2.24, 2.45) is 0 Å². The van der Waals surface area contributed by atoms with Crippen LogP contribution in [-0.4, -0.2) is 11.7 Å². The monoisotopic (exact) mass is 274 g/mol. The summed E-state index contributed by atoms with van der Waals surface area (Å²) in [5.74, 6) is 0.902. The van der Waals surface area contributed by atoms with Crippen LogP contribution in [0.1, 0.15) is 22.8 Å². The Morgan fingerprint density at radius 1 is 1.21 bits per heavy atom. The maximum atomic E-state index is 10.3. The van der Waals surface area contributed by atoms with Crippen LogP contribution in [0, 0.1) is 0 Å². The van der Waals surface area contributed by atoms with E-state index in [2.05, 4.69) is 0 Å². The first-order valence-corrected chi connectivity index (χ1v) is 6.79. The number of ether oxygens (including phenoxy) is 1. The lowest BCUT2D eigenvalue weighted by atomic mass is 9.99. The van der Waals surface area contributed by atoms with E-state index in [1.807, 2.05) is 42.5 Å². The van der Waals surface area contributed by atoms with Gasteiger partial charge in [-0.3, -0.25) is 0 Å². The van der Waals surface area contributed by atoms with Gasteiger partial charge in [0.2, 0.25) is 0 Å². The van der Waals surface area contributed by atoms with Crippen LogP contribution in [-0.2, 0) is 12.8 Å². The van der Waals surface area contributed by atoms with E-state index in [0.29, 0.717) is 18.1 Å². The van der Waals surface area contributed by atoms with Crippen molar-refractivity contribution in [3.8, 4) is 5.75 Å². The van der Waals surface area contributed by atoms with Gasteiger partial charge in [0, 0.05) is 17.9 Å². The number of halogens is 1. The molecule has 1 aliphatic rings. The maximum absolute atomic E-state index is 10.3. The summed E-state index contributed by atoms with van der Waals surface area (Å²) in [5.41, 5.74) is 3.04. The van der Waals surface area contributed by atoms with Crippen molar-refractivity contribution in [3.05, 3.63) is 64.2 Å². The predicted molar refractivity (Wildman–Crippen MR) is 75.8 cm³/mol. The van der Waals surface area contributed by atoms with Crippen molar-refractivity contribution in [1.29, 1.82) is 0 Å². The Kier molecular flexibility index (Phi) is 3.45. The number of fused-ring (bicyclic) bond motifs is 1. The van der Waals surface area contributed by atoms with Gasteiger partial charge in [-0.15, -0.1) is 0 Å². The zero-order valence-corrected chi connectivity index (χ0v) is 11.2. The van der Waals surface area contributed by atoms with Gasteiger partial charge in [-0.1, -0.05) is 41.9 Å². The van der Waals surface area contributed by atoms with E-state index in [1.54, 1.807) is 0 Å². The molecule has 1 N–H and O–H groups in total. The third kappa shape index (κ3) is 2.60. The summed E-state index contributed by atoms with van der Waals surface area (Å²) < 4.78 is 5.65. The number of benzene rings is 2. The van der Waals surface area contributed by atoms with E-state index >= 15 is 0 Å². The molecule has 1 unspecified atom stereocenters. The molecule has 2 aromatic carbocycles. The van der Waals surface area contributed by atoms with Gasteiger partial charge in [0.1, 0.15) is 5.75 Å². The lowest BCUT2D eigenvalue weighted by molar-refractivity contribution is 0.177. The van der Waals surface area contributed by atoms with Crippen molar-refractivity contribution in [3.63, 3.8) is 0 Å². The molecule has 0 spiro atoms. The molecule has 98 valence electrons. The first-order chi connectivity index (χ1) is 9.24. The third-order valence-electron chi connectivity index (χ3n) is 3.42. The van der Waals surface area contributed by atoms with Gasteiger partial charge in [-0.2, -0.15) is 0 Å². The molecule has 0 bridgehead atoms. The number of aliphatic hydroxyl groups is 1. The molecule has 19 heavy (non-hydrogen) atoms. The molecule has 1 atom stereocenters. The smallest absolute Gasteiger partial charge is 0.126 e. The molecule has 0 amide bonds. The Balaban J connectivity index is 1.88. The predicted octanol–water partition coefficient (Wildman–Crippen LogP) is 3.55. The van der Waals surface area contributed by atoms with E-state index in [-0.39, 0.29) is 0 Å². The number of rotatable bonds is 3. The summed E-state index contributed by atoms with van der Waals surface area (Å²) in [6.45, 7) is 0.699. The summed E-state index contributed by atoms with van der Waals surface area (Å²) in [6.07, 6.45) is 0.880. The fourth-order valence-corrected chi connectivity index (χ4v) is 2.76. The molecule has 3 rings (SSSR count). The van der Waals surface area contributed by atoms with Crippen LogP contribution in [0.4, 0.5) is 0 Å². The van der Waals surface area contributed by atoms with Crippen LogP contribution in [0.2, 0.25) is 5.02 Å². The lowest BCUT2D eigenvalue weighted by Gasteiger charge is -2.14. The van der Waals surface area contributed by atoms with Gasteiger partial charge >= 0.3 is 0 Å². The largest absolute Gasteiger partial charge is 0.493 e. The highest BCUT2D eigenvalue weighted by atomic mass is 35.5. The summed E-state index contributed by atoms with van der Waals surface area (Å²) >= 11 is 6.12. The molecular formula is C16H15ClO2. The quantitative estimate of drug-likeness (QED) is 0.927. The molecule has 0 saturated heterocycles. The van der Waals surface area contributed by atoms with Gasteiger partial charge in [-0.25, -0.2) is 0 Å². The van der Waals surface area contributed by atoms with Crippen LogP contribution < -0.4 is 4.74 Å². The van der Waals surface area contributed by atoms with Crippen LogP contribution in [0.3, 0.4) is 0 Å². The molecule has 2 nitrogen and oxygen atoms in total. The summed E-state index contributed by atoms with van der Waals surface area (Å²) in [5, 5.41) is 11.0. The highest BCUT2D eigenvalue weighted by Gasteiger charge is 2.20. The van der Waals surface area contributed by atoms with Gasteiger partial charge in [-0.05, 0) is 28.8 Å². The van der Waals surface area contributed by atoms with E-state index in [1.165, 1.54) is 0 Å². The van der Waals surface area contributed by atoms with Crippen molar-refractivity contribution in [1.82, 2.24) is 0 Å². The molecule has 2 aromatic rings. The topological polar surface area (TPSA) is 29.5 Å². The molecule has 0 aromatic heterocycles. The zero-order chi connectivity index (χ0) is 13.2. The molecule has 3 heteroatoms. The highest BCUT2D eigenvalue weighted by Crippen LogP contribution is 2.35. The molecule has 0 aliphatic carbocycles. The van der Waals surface area contributed by atoms with E-state index in [9.17, 15) is 5.11 Å². The highest BCUT2D eigenvalue weighted by molar-refractivity contribution is 6.30. The lowest BCUT2D eigenvalue weighted by Crippen LogP contribution is -2.03. The van der Waals surface area contributed by atoms with E-state index in [0.717, 1.165) is 28.9 Å². The van der Waals surface area contributed by atoms with Crippen molar-refractivity contribution in [2.45, 2.75) is 18.9 Å². The summed E-state index contributed by atoms with van der Waals surface area (Å²) in [7, 11) is 0. The SMILES string of the molecule is OC(Cc1cc(Cl)cc2c1OCC2)c1ccccc1. The maximum Gasteiger partial charge on any atom is 0.126 e. The summed E-state index contributed by atoms with van der Waals surface area (Å²) in [4.78, 5) is 0. The second kappa shape index (κ2) is 5.24. The zero-order valence-electron chi connectivity index (χ0n) is 10.5. The molecule has 1 aliphatic heterocycles. The third-order valence-corrected chi connectivity index (χ3v) is 3.64. The minimum atomic E-state index is -0.534. The summed E-state index contributed by atoms with van der Waals surface area (Å²) in [6, 6.07) is 13.5. The molecule has 0 saturated carbocycles. The average Bonchev–Trinajstić information content (AvgIpc) is 2.88. The normalized spacial score (nSPS) is 14.8. The number of hydrogen-bond donors (Lipinski definition) is 1. The van der Waals surface area contributed by atoms with Gasteiger partial charge < -0.3 is 9.84 Å². The standard InChI is InChI=1S/C16H15ClO2/c17-14-8-12-6-7-19-16(12)13(9-14)10-15(18)11-4-2-1-3-5-11/h1-5,8-9,15,18H,6-7,10H2. The van der Waals surface area contributed by atoms with Crippen molar-refractivity contribution in [2.75, 3.05) is 6.61 Å².